The average Bonchev–Trinajstić information content (AvgIpc) is 2.63. The number of halogens is 1. The minimum atomic E-state index is 0.0754. The third-order valence-corrected chi connectivity index (χ3v) is 4.09. The fourth-order valence-electron chi connectivity index (χ4n) is 2.58. The molecular formula is C21H18ClNO. The van der Waals surface area contributed by atoms with Crippen molar-refractivity contribution >= 4 is 23.1 Å². The third-order valence-electron chi connectivity index (χ3n) is 3.84. The minimum Gasteiger partial charge on any atom is -0.359 e. The van der Waals surface area contributed by atoms with Crippen molar-refractivity contribution in [3.63, 3.8) is 0 Å². The van der Waals surface area contributed by atoms with Gasteiger partial charge in [-0.3, -0.25) is 4.79 Å². The number of para-hydroxylation sites is 1. The Labute approximate surface area is 147 Å². The fourth-order valence-corrected chi connectivity index (χ4v) is 2.71. The zero-order chi connectivity index (χ0) is 16.8. The molecule has 0 aromatic heterocycles. The highest BCUT2D eigenvalue weighted by Gasteiger charge is 2.14. The van der Waals surface area contributed by atoms with Crippen LogP contribution in [0.3, 0.4) is 0 Å². The lowest BCUT2D eigenvalue weighted by molar-refractivity contribution is 0.0998. The average molecular weight is 336 g/mol. The van der Waals surface area contributed by atoms with Gasteiger partial charge in [-0.1, -0.05) is 60.1 Å². The normalized spacial score (nSPS) is 10.4. The summed E-state index contributed by atoms with van der Waals surface area (Å²) in [6.07, 6.45) is 0. The molecule has 24 heavy (non-hydrogen) atoms. The molecule has 0 spiro atoms. The summed E-state index contributed by atoms with van der Waals surface area (Å²) in [5, 5.41) is 0.635. The van der Waals surface area contributed by atoms with Gasteiger partial charge in [0.05, 0.1) is 6.54 Å². The van der Waals surface area contributed by atoms with Gasteiger partial charge < -0.3 is 4.90 Å². The predicted molar refractivity (Wildman–Crippen MR) is 99.7 cm³/mol. The standard InChI is InChI=1S/C21H18ClNO/c22-19-13-11-18(12-14-19)21(24)16-23(20-9-5-2-6-10-20)15-17-7-3-1-4-8-17/h1-14H,15-16H2. The minimum absolute atomic E-state index is 0.0754. The van der Waals surface area contributed by atoms with Crippen LogP contribution in [0.5, 0.6) is 0 Å². The van der Waals surface area contributed by atoms with Crippen molar-refractivity contribution in [3.05, 3.63) is 101 Å². The number of rotatable bonds is 6. The quantitative estimate of drug-likeness (QED) is 0.575. The molecular weight excluding hydrogens is 318 g/mol. The lowest BCUT2D eigenvalue weighted by Gasteiger charge is -2.24. The molecule has 0 atom stereocenters. The van der Waals surface area contributed by atoms with Gasteiger partial charge in [-0.2, -0.15) is 0 Å². The van der Waals surface area contributed by atoms with E-state index < -0.39 is 0 Å². The molecule has 0 saturated carbocycles. The number of carbonyl (C=O) groups is 1. The second-order valence-electron chi connectivity index (χ2n) is 5.61. The number of hydrogen-bond acceptors (Lipinski definition) is 2. The molecule has 3 heteroatoms. The fraction of sp³-hybridized carbons (Fsp3) is 0.0952. The Bertz CT molecular complexity index is 785. The molecule has 0 aliphatic rings. The molecule has 3 aromatic carbocycles. The molecule has 0 radical (unpaired) electrons. The van der Waals surface area contributed by atoms with Gasteiger partial charge in [0, 0.05) is 22.8 Å². The highest BCUT2D eigenvalue weighted by Crippen LogP contribution is 2.18. The second-order valence-corrected chi connectivity index (χ2v) is 6.04. The van der Waals surface area contributed by atoms with Crippen LogP contribution in [0.25, 0.3) is 0 Å². The summed E-state index contributed by atoms with van der Waals surface area (Å²) in [5.41, 5.74) is 2.88. The zero-order valence-corrected chi connectivity index (χ0v) is 14.0. The molecule has 2 nitrogen and oxygen atoms in total. The van der Waals surface area contributed by atoms with Crippen LogP contribution in [0, 0.1) is 0 Å². The van der Waals surface area contributed by atoms with Crippen LogP contribution in [0.2, 0.25) is 5.02 Å². The summed E-state index contributed by atoms with van der Waals surface area (Å²) >= 11 is 5.90. The van der Waals surface area contributed by atoms with Crippen LogP contribution in [-0.4, -0.2) is 12.3 Å². The first kappa shape index (κ1) is 16.3. The highest BCUT2D eigenvalue weighted by molar-refractivity contribution is 6.30. The molecule has 0 saturated heterocycles. The number of hydrogen-bond donors (Lipinski definition) is 0. The topological polar surface area (TPSA) is 20.3 Å². The predicted octanol–water partition coefficient (Wildman–Crippen LogP) is 5.23. The van der Waals surface area contributed by atoms with E-state index in [9.17, 15) is 4.79 Å². The summed E-state index contributed by atoms with van der Waals surface area (Å²) in [6.45, 7) is 1.00. The number of Topliss-reactive ketones (excluding diaryl/α,β-unsaturated/α-hetero) is 1. The molecule has 0 amide bonds. The molecule has 0 bridgehead atoms. The maximum atomic E-state index is 12.6. The highest BCUT2D eigenvalue weighted by atomic mass is 35.5. The Kier molecular flexibility index (Phi) is 5.29. The number of benzene rings is 3. The van der Waals surface area contributed by atoms with E-state index in [-0.39, 0.29) is 5.78 Å². The van der Waals surface area contributed by atoms with Crippen molar-refractivity contribution < 1.29 is 4.79 Å². The van der Waals surface area contributed by atoms with E-state index in [4.69, 9.17) is 11.6 Å². The SMILES string of the molecule is O=C(CN(Cc1ccccc1)c1ccccc1)c1ccc(Cl)cc1. The molecule has 0 aliphatic carbocycles. The van der Waals surface area contributed by atoms with Gasteiger partial charge in [0.15, 0.2) is 5.78 Å². The number of carbonyl (C=O) groups excluding carboxylic acids is 1. The van der Waals surface area contributed by atoms with E-state index >= 15 is 0 Å². The number of nitrogens with zero attached hydrogens (tertiary/aromatic N) is 1. The molecule has 0 N–H and O–H groups in total. The molecule has 0 unspecified atom stereocenters. The van der Waals surface area contributed by atoms with E-state index in [0.717, 1.165) is 5.69 Å². The maximum absolute atomic E-state index is 12.6. The second kappa shape index (κ2) is 7.80. The van der Waals surface area contributed by atoms with Gasteiger partial charge in [-0.15, -0.1) is 0 Å². The van der Waals surface area contributed by atoms with Gasteiger partial charge in [0.1, 0.15) is 0 Å². The van der Waals surface area contributed by atoms with Gasteiger partial charge in [-0.05, 0) is 42.0 Å². The summed E-state index contributed by atoms with van der Waals surface area (Å²) in [4.78, 5) is 14.7. The summed E-state index contributed by atoms with van der Waals surface area (Å²) in [6, 6.07) is 27.2. The Morgan fingerprint density at radius 2 is 1.38 bits per heavy atom. The number of ketones is 1. The van der Waals surface area contributed by atoms with Gasteiger partial charge >= 0.3 is 0 Å². The third kappa shape index (κ3) is 4.24. The smallest absolute Gasteiger partial charge is 0.182 e. The first-order valence-electron chi connectivity index (χ1n) is 7.85. The van der Waals surface area contributed by atoms with Gasteiger partial charge in [0.2, 0.25) is 0 Å². The van der Waals surface area contributed by atoms with E-state index in [1.54, 1.807) is 24.3 Å². The Morgan fingerprint density at radius 1 is 0.792 bits per heavy atom. The van der Waals surface area contributed by atoms with E-state index in [2.05, 4.69) is 17.0 Å². The van der Waals surface area contributed by atoms with Crippen LogP contribution in [0.15, 0.2) is 84.9 Å². The molecule has 120 valence electrons. The van der Waals surface area contributed by atoms with Crippen molar-refractivity contribution in [3.8, 4) is 0 Å². The van der Waals surface area contributed by atoms with E-state index in [0.29, 0.717) is 23.7 Å². The summed E-state index contributed by atoms with van der Waals surface area (Å²) in [5.74, 6) is 0.0754. The summed E-state index contributed by atoms with van der Waals surface area (Å²) < 4.78 is 0. The monoisotopic (exact) mass is 335 g/mol. The van der Waals surface area contributed by atoms with Crippen molar-refractivity contribution in [1.29, 1.82) is 0 Å². The Hall–Kier alpha value is -2.58. The largest absolute Gasteiger partial charge is 0.359 e. The van der Waals surface area contributed by atoms with Gasteiger partial charge in [0.25, 0.3) is 0 Å². The van der Waals surface area contributed by atoms with Crippen LogP contribution in [0.4, 0.5) is 5.69 Å². The van der Waals surface area contributed by atoms with E-state index in [1.165, 1.54) is 5.56 Å². The lowest BCUT2D eigenvalue weighted by Crippen LogP contribution is -2.29. The van der Waals surface area contributed by atoms with Crippen molar-refractivity contribution in [2.75, 3.05) is 11.4 Å². The van der Waals surface area contributed by atoms with Crippen molar-refractivity contribution in [2.24, 2.45) is 0 Å². The van der Waals surface area contributed by atoms with Gasteiger partial charge in [-0.25, -0.2) is 0 Å². The lowest BCUT2D eigenvalue weighted by atomic mass is 10.1. The van der Waals surface area contributed by atoms with Crippen LogP contribution in [-0.2, 0) is 6.54 Å². The number of anilines is 1. The van der Waals surface area contributed by atoms with Crippen LogP contribution < -0.4 is 4.90 Å². The van der Waals surface area contributed by atoms with Crippen LogP contribution >= 0.6 is 11.6 Å². The maximum Gasteiger partial charge on any atom is 0.182 e. The van der Waals surface area contributed by atoms with E-state index in [1.807, 2.05) is 48.5 Å². The first-order valence-corrected chi connectivity index (χ1v) is 8.23. The molecule has 3 aromatic rings. The molecule has 0 fully saturated rings. The zero-order valence-electron chi connectivity index (χ0n) is 13.2. The summed E-state index contributed by atoms with van der Waals surface area (Å²) in [7, 11) is 0. The molecule has 0 aliphatic heterocycles. The Balaban J connectivity index is 1.82. The van der Waals surface area contributed by atoms with Crippen molar-refractivity contribution in [1.82, 2.24) is 0 Å². The van der Waals surface area contributed by atoms with Crippen molar-refractivity contribution in [2.45, 2.75) is 6.54 Å². The van der Waals surface area contributed by atoms with Crippen LogP contribution in [0.1, 0.15) is 15.9 Å². The Morgan fingerprint density at radius 3 is 2.00 bits per heavy atom. The molecule has 3 rings (SSSR count). The first-order chi connectivity index (χ1) is 11.7. The molecule has 0 heterocycles.